The molecule has 0 spiro atoms. The van der Waals surface area contributed by atoms with E-state index in [-0.39, 0.29) is 11.0 Å². The van der Waals surface area contributed by atoms with Crippen molar-refractivity contribution < 1.29 is 29.4 Å². The van der Waals surface area contributed by atoms with Gasteiger partial charge in [-0.15, -0.1) is 0 Å². The number of rotatable bonds is 7. The van der Waals surface area contributed by atoms with Gasteiger partial charge in [-0.1, -0.05) is 0 Å². The molecule has 1 aliphatic rings. The SMILES string of the molecule is Cc1cc(C)c(N2CCN(c3c(C)cc(C)cc3C)[C]2=[Ru-2]=[CH]c2cc(S(=O)(=O)N(C)C)ccc2OC(C)C)c(C)c1. The van der Waals surface area contributed by atoms with Crippen molar-refractivity contribution >= 4 is 30.4 Å². The molecule has 0 aromatic heterocycles. The zero-order chi connectivity index (χ0) is 30.2. The molecule has 224 valence electrons. The van der Waals surface area contributed by atoms with Gasteiger partial charge in [-0.05, 0) is 0 Å². The summed E-state index contributed by atoms with van der Waals surface area (Å²) in [5, 5.41) is 0. The summed E-state index contributed by atoms with van der Waals surface area (Å²) in [5.41, 5.74) is 10.9. The van der Waals surface area contributed by atoms with Crippen LogP contribution in [0.15, 0.2) is 47.4 Å². The summed E-state index contributed by atoms with van der Waals surface area (Å²) in [6.07, 6.45) is -0.0305. The van der Waals surface area contributed by atoms with E-state index in [0.717, 1.165) is 18.7 Å². The van der Waals surface area contributed by atoms with Gasteiger partial charge in [-0.2, -0.15) is 0 Å². The molecule has 41 heavy (non-hydrogen) atoms. The fourth-order valence-corrected chi connectivity index (χ4v) is 8.82. The molecule has 0 amide bonds. The number of ether oxygens (including phenoxy) is 1. The molecule has 1 fully saturated rings. The maximum absolute atomic E-state index is 13.0. The van der Waals surface area contributed by atoms with Gasteiger partial charge in [-0.25, -0.2) is 0 Å². The van der Waals surface area contributed by atoms with Crippen LogP contribution in [0.3, 0.4) is 0 Å². The summed E-state index contributed by atoms with van der Waals surface area (Å²) < 4.78 is 36.9. The summed E-state index contributed by atoms with van der Waals surface area (Å²) in [6.45, 7) is 18.8. The minimum atomic E-state index is -3.58. The van der Waals surface area contributed by atoms with E-state index in [2.05, 4.69) is 80.2 Å². The monoisotopic (exact) mass is 663 g/mol. The number of nitrogens with zero attached hydrogens (tertiary/aromatic N) is 3. The van der Waals surface area contributed by atoms with Gasteiger partial charge in [0.25, 0.3) is 0 Å². The van der Waals surface area contributed by atoms with Crippen molar-refractivity contribution in [2.75, 3.05) is 37.0 Å². The second-order valence-corrected chi connectivity index (χ2v) is 15.3. The molecule has 0 radical (unpaired) electrons. The van der Waals surface area contributed by atoms with Crippen molar-refractivity contribution in [1.29, 1.82) is 0 Å². The standard InChI is InChI=1S/C21H26N2.C12H17NO3S.Ru/c1-14-9-16(3)20(17(4)10-14)22-7-8-23(13-22)21-18(5)11-15(2)12-19(21)6;1-9(2)16-12-7-6-11(8-10(12)3)17(14,15)13(4)5;/h9-12H,7-8H2,1-6H3;3,6-9H,1-2,4-5H3;/q;;-2. The second kappa shape index (κ2) is 12.3. The Morgan fingerprint density at radius 3 is 1.68 bits per heavy atom. The Hall–Kier alpha value is -2.67. The van der Waals surface area contributed by atoms with Crippen LogP contribution in [0.4, 0.5) is 11.4 Å². The molecular weight excluding hydrogens is 620 g/mol. The van der Waals surface area contributed by atoms with E-state index in [4.69, 9.17) is 4.74 Å². The molecule has 1 saturated heterocycles. The molecular formula is C33H43N3O3RuS-2. The first-order valence-electron chi connectivity index (χ1n) is 14.0. The molecule has 0 bridgehead atoms. The molecule has 0 unspecified atom stereocenters. The van der Waals surface area contributed by atoms with Crippen molar-refractivity contribution in [3.05, 3.63) is 81.4 Å². The number of hydrogen-bond acceptors (Lipinski definition) is 5. The van der Waals surface area contributed by atoms with Crippen molar-refractivity contribution in [1.82, 2.24) is 4.31 Å². The van der Waals surface area contributed by atoms with Gasteiger partial charge in [0, 0.05) is 0 Å². The quantitative estimate of drug-likeness (QED) is 0.294. The molecule has 6 nitrogen and oxygen atoms in total. The first-order chi connectivity index (χ1) is 19.2. The van der Waals surface area contributed by atoms with Gasteiger partial charge in [-0.3, -0.25) is 0 Å². The third-order valence-electron chi connectivity index (χ3n) is 7.16. The Labute approximate surface area is 253 Å². The average Bonchev–Trinajstić information content (AvgIpc) is 3.24. The predicted octanol–water partition coefficient (Wildman–Crippen LogP) is 5.92. The molecule has 4 rings (SSSR count). The molecule has 3 aromatic rings. The van der Waals surface area contributed by atoms with Crippen LogP contribution in [-0.4, -0.2) is 55.0 Å². The minimum absolute atomic E-state index is 0.0305. The normalized spacial score (nSPS) is 14.1. The molecule has 1 aliphatic heterocycles. The summed E-state index contributed by atoms with van der Waals surface area (Å²) >= 11 is -0.469. The Bertz CT molecular complexity index is 1540. The average molecular weight is 663 g/mol. The molecule has 3 aromatic carbocycles. The van der Waals surface area contributed by atoms with Crippen LogP contribution in [0.2, 0.25) is 0 Å². The topological polar surface area (TPSA) is 53.1 Å². The maximum atomic E-state index is 13.0. The molecule has 0 aliphatic carbocycles. The third kappa shape index (κ3) is 6.55. The summed E-state index contributed by atoms with van der Waals surface area (Å²) in [4.78, 5) is 5.24. The molecule has 0 N–H and O–H groups in total. The third-order valence-corrected chi connectivity index (χ3v) is 11.2. The van der Waals surface area contributed by atoms with E-state index in [1.54, 1.807) is 32.3 Å². The van der Waals surface area contributed by atoms with E-state index >= 15 is 0 Å². The Kier molecular flexibility index (Phi) is 9.37. The van der Waals surface area contributed by atoms with Crippen molar-refractivity contribution in [3.63, 3.8) is 0 Å². The molecule has 0 atom stereocenters. The Morgan fingerprint density at radius 2 is 1.27 bits per heavy atom. The van der Waals surface area contributed by atoms with Crippen LogP contribution in [0.5, 0.6) is 5.75 Å². The Balaban J connectivity index is 1.98. The van der Waals surface area contributed by atoms with Crippen molar-refractivity contribution in [2.24, 2.45) is 0 Å². The van der Waals surface area contributed by atoms with E-state index in [0.29, 0.717) is 5.75 Å². The Morgan fingerprint density at radius 1 is 0.805 bits per heavy atom. The molecule has 8 heteroatoms. The van der Waals surface area contributed by atoms with Crippen molar-refractivity contribution in [3.8, 4) is 5.75 Å². The van der Waals surface area contributed by atoms with E-state index in [1.165, 1.54) is 53.4 Å². The number of benzene rings is 3. The second-order valence-electron chi connectivity index (χ2n) is 11.4. The van der Waals surface area contributed by atoms with Crippen LogP contribution < -0.4 is 14.5 Å². The zero-order valence-corrected chi connectivity index (χ0v) is 28.5. The zero-order valence-electron chi connectivity index (χ0n) is 25.9. The van der Waals surface area contributed by atoms with Crippen LogP contribution in [0, 0.1) is 41.5 Å². The van der Waals surface area contributed by atoms with Crippen LogP contribution in [0.25, 0.3) is 0 Å². The van der Waals surface area contributed by atoms with Gasteiger partial charge in [0.05, 0.1) is 0 Å². The first kappa shape index (κ1) is 31.3. The van der Waals surface area contributed by atoms with E-state index < -0.39 is 26.2 Å². The number of aryl methyl sites for hydroxylation is 6. The van der Waals surface area contributed by atoms with E-state index in [9.17, 15) is 8.42 Å². The van der Waals surface area contributed by atoms with Crippen LogP contribution in [0.1, 0.15) is 52.8 Å². The summed E-state index contributed by atoms with van der Waals surface area (Å²) in [7, 11) is -0.458. The molecule has 0 saturated carbocycles. The van der Waals surface area contributed by atoms with Gasteiger partial charge in [0.1, 0.15) is 0 Å². The number of hydrogen-bond donors (Lipinski definition) is 0. The number of anilines is 2. The van der Waals surface area contributed by atoms with Crippen molar-refractivity contribution in [2.45, 2.75) is 66.4 Å². The van der Waals surface area contributed by atoms with E-state index in [1.807, 2.05) is 13.8 Å². The fourth-order valence-electron chi connectivity index (χ4n) is 5.67. The number of sulfonamides is 1. The molecule has 1 heterocycles. The van der Waals surface area contributed by atoms with Gasteiger partial charge >= 0.3 is 255 Å². The first-order valence-corrected chi connectivity index (χ1v) is 17.3. The summed E-state index contributed by atoms with van der Waals surface area (Å²) in [5.74, 6) is 0.703. The van der Waals surface area contributed by atoms with Gasteiger partial charge in [0.2, 0.25) is 0 Å². The van der Waals surface area contributed by atoms with Gasteiger partial charge in [0.15, 0.2) is 0 Å². The predicted molar refractivity (Wildman–Crippen MR) is 169 cm³/mol. The summed E-state index contributed by atoms with van der Waals surface area (Å²) in [6, 6.07) is 14.2. The van der Waals surface area contributed by atoms with Crippen LogP contribution >= 0.6 is 0 Å². The van der Waals surface area contributed by atoms with Gasteiger partial charge < -0.3 is 0 Å². The fraction of sp³-hybridized carbons (Fsp3) is 0.394. The van der Waals surface area contributed by atoms with Crippen LogP contribution in [-0.2, 0) is 26.2 Å².